The first-order valence-electron chi connectivity index (χ1n) is 10.3. The van der Waals surface area contributed by atoms with Crippen molar-refractivity contribution in [2.75, 3.05) is 5.75 Å². The number of thiophene rings is 1. The minimum absolute atomic E-state index is 0.166. The lowest BCUT2D eigenvalue weighted by Gasteiger charge is -2.25. The summed E-state index contributed by atoms with van der Waals surface area (Å²) in [7, 11) is 0. The van der Waals surface area contributed by atoms with Crippen molar-refractivity contribution in [2.45, 2.75) is 50.2 Å². The van der Waals surface area contributed by atoms with Gasteiger partial charge < -0.3 is 0 Å². The van der Waals surface area contributed by atoms with Gasteiger partial charge in [0.2, 0.25) is 0 Å². The smallest absolute Gasteiger partial charge is 0.250 e. The molecule has 1 saturated carbocycles. The summed E-state index contributed by atoms with van der Waals surface area (Å²) in [6.07, 6.45) is 7.53. The third-order valence-corrected chi connectivity index (χ3v) is 7.31. The predicted molar refractivity (Wildman–Crippen MR) is 128 cm³/mol. The van der Waals surface area contributed by atoms with Gasteiger partial charge in [-0.05, 0) is 56.2 Å². The lowest BCUT2D eigenvalue weighted by molar-refractivity contribution is -0.118. The Balaban J connectivity index is 1.46. The molecule has 1 fully saturated rings. The van der Waals surface area contributed by atoms with Crippen LogP contribution >= 0.6 is 34.7 Å². The molecule has 3 aromatic rings. The molecular weight excluding hydrogens is 450 g/mol. The molecule has 2 heterocycles. The van der Waals surface area contributed by atoms with E-state index in [1.807, 2.05) is 43.3 Å². The number of aromatic nitrogens is 3. The van der Waals surface area contributed by atoms with E-state index in [4.69, 9.17) is 11.6 Å². The van der Waals surface area contributed by atoms with Gasteiger partial charge in [-0.15, -0.1) is 21.5 Å². The number of hydrazone groups is 1. The molecule has 9 heteroatoms. The number of nitrogens with one attached hydrogen (secondary N) is 1. The molecule has 1 aliphatic rings. The summed E-state index contributed by atoms with van der Waals surface area (Å²) >= 11 is 9.09. The van der Waals surface area contributed by atoms with Crippen molar-refractivity contribution in [3.05, 3.63) is 51.2 Å². The van der Waals surface area contributed by atoms with Crippen LogP contribution in [0.5, 0.6) is 0 Å². The molecule has 0 spiro atoms. The van der Waals surface area contributed by atoms with Crippen LogP contribution in [0.1, 0.15) is 47.9 Å². The number of thioether (sulfide) groups is 1. The molecule has 0 aliphatic heterocycles. The first kappa shape index (κ1) is 22.0. The van der Waals surface area contributed by atoms with Crippen LogP contribution in [0.3, 0.4) is 0 Å². The Bertz CT molecular complexity index is 1050. The van der Waals surface area contributed by atoms with E-state index in [-0.39, 0.29) is 11.7 Å². The van der Waals surface area contributed by atoms with Crippen LogP contribution < -0.4 is 5.43 Å². The van der Waals surface area contributed by atoms with Crippen molar-refractivity contribution >= 4 is 46.8 Å². The summed E-state index contributed by atoms with van der Waals surface area (Å²) < 4.78 is 2.21. The Morgan fingerprint density at radius 2 is 2.00 bits per heavy atom. The fourth-order valence-electron chi connectivity index (χ4n) is 3.69. The zero-order valence-electron chi connectivity index (χ0n) is 17.3. The van der Waals surface area contributed by atoms with Crippen LogP contribution in [0.15, 0.2) is 46.7 Å². The summed E-state index contributed by atoms with van der Waals surface area (Å²) in [5.41, 5.74) is 3.58. The van der Waals surface area contributed by atoms with Gasteiger partial charge in [-0.25, -0.2) is 5.43 Å². The van der Waals surface area contributed by atoms with Crippen LogP contribution in [0.2, 0.25) is 5.02 Å². The van der Waals surface area contributed by atoms with Crippen molar-refractivity contribution in [2.24, 2.45) is 5.10 Å². The number of amides is 1. The van der Waals surface area contributed by atoms with Gasteiger partial charge in [0, 0.05) is 26.4 Å². The highest BCUT2D eigenvalue weighted by molar-refractivity contribution is 7.99. The number of aryl methyl sites for hydroxylation is 1. The SMILES string of the molecule is Cc1ccc(C=NNC(=O)CSc2nnc(-c3ccc(Cl)cc3)n2C2CCCCC2)s1. The molecule has 0 bridgehead atoms. The first-order valence-corrected chi connectivity index (χ1v) is 12.5. The van der Waals surface area contributed by atoms with Gasteiger partial charge in [0.25, 0.3) is 5.91 Å². The molecular formula is C22H24ClN5OS2. The van der Waals surface area contributed by atoms with Gasteiger partial charge in [-0.3, -0.25) is 9.36 Å². The Kier molecular flexibility index (Phi) is 7.42. The average Bonchev–Trinajstić information content (AvgIpc) is 3.39. The molecule has 6 nitrogen and oxygen atoms in total. The molecule has 4 rings (SSSR count). The highest BCUT2D eigenvalue weighted by atomic mass is 35.5. The fourth-order valence-corrected chi connectivity index (χ4v) is 5.37. The normalized spacial score (nSPS) is 14.9. The third kappa shape index (κ3) is 5.75. The quantitative estimate of drug-likeness (QED) is 0.271. The van der Waals surface area contributed by atoms with Crippen molar-refractivity contribution in [3.8, 4) is 11.4 Å². The number of carbonyl (C=O) groups is 1. The van der Waals surface area contributed by atoms with Gasteiger partial charge in [-0.1, -0.05) is 42.6 Å². The van der Waals surface area contributed by atoms with Gasteiger partial charge in [-0.2, -0.15) is 5.10 Å². The first-order chi connectivity index (χ1) is 15.1. The number of hydrogen-bond donors (Lipinski definition) is 1. The Morgan fingerprint density at radius 3 is 2.71 bits per heavy atom. The molecule has 2 aromatic heterocycles. The van der Waals surface area contributed by atoms with E-state index in [1.165, 1.54) is 35.9 Å². The monoisotopic (exact) mass is 473 g/mol. The van der Waals surface area contributed by atoms with Crippen LogP contribution in [0, 0.1) is 6.92 Å². The number of benzene rings is 1. The van der Waals surface area contributed by atoms with Gasteiger partial charge in [0.05, 0.1) is 12.0 Å². The van der Waals surface area contributed by atoms with E-state index < -0.39 is 0 Å². The summed E-state index contributed by atoms with van der Waals surface area (Å²) in [4.78, 5) is 14.5. The molecule has 1 aromatic carbocycles. The Labute approximate surface area is 195 Å². The minimum Gasteiger partial charge on any atom is -0.299 e. The molecule has 0 atom stereocenters. The standard InChI is InChI=1S/C22H24ClN5OS2/c1-15-7-12-19(31-15)13-24-25-20(29)14-30-22-27-26-21(16-8-10-17(23)11-9-16)28(22)18-5-3-2-4-6-18/h7-13,18H,2-6,14H2,1H3,(H,25,29). The van der Waals surface area contributed by atoms with Crippen molar-refractivity contribution in [3.63, 3.8) is 0 Å². The maximum absolute atomic E-state index is 12.3. The van der Waals surface area contributed by atoms with E-state index in [0.717, 1.165) is 34.3 Å². The van der Waals surface area contributed by atoms with E-state index >= 15 is 0 Å². The van der Waals surface area contributed by atoms with Crippen molar-refractivity contribution < 1.29 is 4.79 Å². The summed E-state index contributed by atoms with van der Waals surface area (Å²) in [5.74, 6) is 0.894. The van der Waals surface area contributed by atoms with Crippen LogP contribution in [-0.2, 0) is 4.79 Å². The van der Waals surface area contributed by atoms with E-state index in [0.29, 0.717) is 11.1 Å². The number of carbonyl (C=O) groups excluding carboxylic acids is 1. The van der Waals surface area contributed by atoms with Crippen molar-refractivity contribution in [1.29, 1.82) is 0 Å². The van der Waals surface area contributed by atoms with E-state index in [1.54, 1.807) is 17.6 Å². The molecule has 1 aliphatic carbocycles. The number of hydrogen-bond acceptors (Lipinski definition) is 6. The van der Waals surface area contributed by atoms with Crippen LogP contribution in [0.25, 0.3) is 11.4 Å². The summed E-state index contributed by atoms with van der Waals surface area (Å²) in [5, 5.41) is 14.4. The van der Waals surface area contributed by atoms with Crippen LogP contribution in [0.4, 0.5) is 0 Å². The second-order valence-corrected chi connectivity index (χ2v) is 10.2. The van der Waals surface area contributed by atoms with E-state index in [2.05, 4.69) is 25.3 Å². The third-order valence-electron chi connectivity index (χ3n) is 5.18. The predicted octanol–water partition coefficient (Wildman–Crippen LogP) is 5.72. The molecule has 31 heavy (non-hydrogen) atoms. The summed E-state index contributed by atoms with van der Waals surface area (Å²) in [6, 6.07) is 12.0. The number of nitrogens with zero attached hydrogens (tertiary/aromatic N) is 4. The lowest BCUT2D eigenvalue weighted by Crippen LogP contribution is -2.20. The maximum atomic E-state index is 12.3. The maximum Gasteiger partial charge on any atom is 0.250 e. The molecule has 162 valence electrons. The van der Waals surface area contributed by atoms with Gasteiger partial charge >= 0.3 is 0 Å². The van der Waals surface area contributed by atoms with Crippen LogP contribution in [-0.4, -0.2) is 32.6 Å². The minimum atomic E-state index is -0.166. The van der Waals surface area contributed by atoms with Crippen molar-refractivity contribution in [1.82, 2.24) is 20.2 Å². The Hall–Kier alpha value is -2.16. The highest BCUT2D eigenvalue weighted by Crippen LogP contribution is 2.35. The lowest BCUT2D eigenvalue weighted by atomic mass is 9.95. The number of rotatable bonds is 7. The average molecular weight is 474 g/mol. The highest BCUT2D eigenvalue weighted by Gasteiger charge is 2.24. The largest absolute Gasteiger partial charge is 0.299 e. The molecule has 1 amide bonds. The second-order valence-electron chi connectivity index (χ2n) is 7.51. The molecule has 1 N–H and O–H groups in total. The molecule has 0 saturated heterocycles. The zero-order valence-corrected chi connectivity index (χ0v) is 19.6. The fraction of sp³-hybridized carbons (Fsp3) is 0.364. The summed E-state index contributed by atoms with van der Waals surface area (Å²) in [6.45, 7) is 2.04. The Morgan fingerprint density at radius 1 is 1.23 bits per heavy atom. The molecule has 0 radical (unpaired) electrons. The van der Waals surface area contributed by atoms with Gasteiger partial charge in [0.1, 0.15) is 0 Å². The topological polar surface area (TPSA) is 72.2 Å². The van der Waals surface area contributed by atoms with Gasteiger partial charge in [0.15, 0.2) is 11.0 Å². The zero-order chi connectivity index (χ0) is 21.6. The second kappa shape index (κ2) is 10.4. The number of halogens is 1. The molecule has 0 unspecified atom stereocenters. The van der Waals surface area contributed by atoms with E-state index in [9.17, 15) is 4.79 Å².